The van der Waals surface area contributed by atoms with Crippen LogP contribution in [0.3, 0.4) is 0 Å². The molecule has 2 aromatic heterocycles. The zero-order valence-corrected chi connectivity index (χ0v) is 12.8. The van der Waals surface area contributed by atoms with Crippen molar-refractivity contribution in [1.82, 2.24) is 15.0 Å². The predicted molar refractivity (Wildman–Crippen MR) is 82.4 cm³/mol. The van der Waals surface area contributed by atoms with E-state index in [0.717, 1.165) is 0 Å². The second kappa shape index (κ2) is 5.38. The maximum absolute atomic E-state index is 11.9. The Labute approximate surface area is 132 Å². The van der Waals surface area contributed by atoms with Crippen LogP contribution < -0.4 is 0 Å². The van der Waals surface area contributed by atoms with Crippen LogP contribution in [0.4, 0.5) is 0 Å². The average molecular weight is 365 g/mol. The largest absolute Gasteiger partial charge is 0.351 e. The second-order valence-electron chi connectivity index (χ2n) is 4.26. The van der Waals surface area contributed by atoms with Crippen molar-refractivity contribution in [3.63, 3.8) is 0 Å². The van der Waals surface area contributed by atoms with Gasteiger partial charge in [0.1, 0.15) is 5.69 Å². The molecule has 3 aromatic rings. The van der Waals surface area contributed by atoms with Crippen LogP contribution in [-0.4, -0.2) is 27.0 Å². The normalized spacial score (nSPS) is 10.8. The summed E-state index contributed by atoms with van der Waals surface area (Å²) >= 11 is 9.44. The van der Waals surface area contributed by atoms with E-state index in [0.29, 0.717) is 31.7 Å². The van der Waals surface area contributed by atoms with Gasteiger partial charge in [-0.2, -0.15) is 0 Å². The molecule has 2 heterocycles. The van der Waals surface area contributed by atoms with Crippen LogP contribution in [0.25, 0.3) is 22.2 Å². The van der Waals surface area contributed by atoms with E-state index < -0.39 is 5.78 Å². The van der Waals surface area contributed by atoms with E-state index in [-0.39, 0.29) is 12.0 Å². The average Bonchev–Trinajstić information content (AvgIpc) is 2.86. The van der Waals surface area contributed by atoms with Crippen molar-refractivity contribution in [2.45, 2.75) is 0 Å². The van der Waals surface area contributed by atoms with Crippen molar-refractivity contribution < 1.29 is 9.59 Å². The Morgan fingerprint density at radius 3 is 2.81 bits per heavy atom. The Kier molecular flexibility index (Phi) is 3.57. The van der Waals surface area contributed by atoms with Crippen molar-refractivity contribution in [3.05, 3.63) is 45.9 Å². The Morgan fingerprint density at radius 2 is 2.14 bits per heavy atom. The van der Waals surface area contributed by atoms with Crippen molar-refractivity contribution in [1.29, 1.82) is 0 Å². The fourth-order valence-corrected chi connectivity index (χ4v) is 2.63. The highest BCUT2D eigenvalue weighted by atomic mass is 79.9. The van der Waals surface area contributed by atoms with Gasteiger partial charge in [-0.1, -0.05) is 11.6 Å². The number of H-pyrrole nitrogens is 1. The van der Waals surface area contributed by atoms with Gasteiger partial charge in [0, 0.05) is 33.3 Å². The molecule has 0 spiro atoms. The number of aldehydes is 1. The molecule has 0 bridgehead atoms. The number of ketones is 1. The number of aromatic nitrogens is 3. The maximum atomic E-state index is 11.9. The second-order valence-corrected chi connectivity index (χ2v) is 5.52. The molecule has 3 rings (SSSR count). The van der Waals surface area contributed by atoms with E-state index in [1.54, 1.807) is 12.1 Å². The molecule has 0 aliphatic carbocycles. The number of carbonyl (C=O) groups is 2. The van der Waals surface area contributed by atoms with Gasteiger partial charge in [0.25, 0.3) is 0 Å². The minimum Gasteiger partial charge on any atom is -0.351 e. The van der Waals surface area contributed by atoms with Crippen LogP contribution >= 0.6 is 27.5 Å². The highest BCUT2D eigenvalue weighted by Crippen LogP contribution is 2.36. The molecule has 0 atom stereocenters. The topological polar surface area (TPSA) is 75.7 Å². The molecule has 21 heavy (non-hydrogen) atoms. The van der Waals surface area contributed by atoms with E-state index in [1.165, 1.54) is 18.6 Å². The molecule has 1 aromatic carbocycles. The molecule has 0 radical (unpaired) electrons. The van der Waals surface area contributed by atoms with Gasteiger partial charge in [0.05, 0.1) is 16.9 Å². The van der Waals surface area contributed by atoms with E-state index in [9.17, 15) is 9.59 Å². The highest BCUT2D eigenvalue weighted by Gasteiger charge is 2.20. The molecule has 0 saturated heterocycles. The Bertz CT molecular complexity index is 862. The van der Waals surface area contributed by atoms with Gasteiger partial charge in [-0.3, -0.25) is 19.6 Å². The van der Waals surface area contributed by atoms with Gasteiger partial charge in [0.2, 0.25) is 5.78 Å². The van der Waals surface area contributed by atoms with Crippen LogP contribution in [0.2, 0.25) is 5.02 Å². The zero-order valence-electron chi connectivity index (χ0n) is 10.4. The summed E-state index contributed by atoms with van der Waals surface area (Å²) in [5.41, 5.74) is 1.86. The summed E-state index contributed by atoms with van der Waals surface area (Å²) in [5, 5.41) is 1.20. The molecular weight excluding hydrogens is 358 g/mol. The van der Waals surface area contributed by atoms with E-state index in [4.69, 9.17) is 11.6 Å². The van der Waals surface area contributed by atoms with Crippen LogP contribution in [0.5, 0.6) is 0 Å². The molecule has 0 fully saturated rings. The van der Waals surface area contributed by atoms with Gasteiger partial charge < -0.3 is 4.98 Å². The first-order valence-corrected chi connectivity index (χ1v) is 7.05. The fourth-order valence-electron chi connectivity index (χ4n) is 2.13. The van der Waals surface area contributed by atoms with Crippen LogP contribution in [-0.2, 0) is 4.79 Å². The third-order valence-electron chi connectivity index (χ3n) is 3.01. The summed E-state index contributed by atoms with van der Waals surface area (Å²) in [5.74, 6) is -0.654. The number of fused-ring (bicyclic) bond motifs is 1. The molecule has 0 saturated carbocycles. The number of benzene rings is 1. The third kappa shape index (κ3) is 2.36. The van der Waals surface area contributed by atoms with Gasteiger partial charge in [-0.25, -0.2) is 0 Å². The Morgan fingerprint density at radius 1 is 1.33 bits per heavy atom. The first-order valence-electron chi connectivity index (χ1n) is 5.88. The summed E-state index contributed by atoms with van der Waals surface area (Å²) in [6, 6.07) is 3.46. The van der Waals surface area contributed by atoms with Gasteiger partial charge >= 0.3 is 0 Å². The maximum Gasteiger partial charge on any atom is 0.242 e. The molecular formula is C14H7BrClN3O2. The molecule has 0 aliphatic rings. The monoisotopic (exact) mass is 363 g/mol. The van der Waals surface area contributed by atoms with Crippen LogP contribution in [0, 0.1) is 0 Å². The van der Waals surface area contributed by atoms with E-state index in [2.05, 4.69) is 30.9 Å². The number of Topliss-reactive ketones (excluding diaryl/α,β-unsaturated/α-hetero) is 1. The lowest BCUT2D eigenvalue weighted by molar-refractivity contribution is -0.104. The molecule has 0 aliphatic heterocycles. The highest BCUT2D eigenvalue weighted by molar-refractivity contribution is 9.10. The zero-order chi connectivity index (χ0) is 15.0. The number of hydrogen-bond donors (Lipinski definition) is 1. The lowest BCUT2D eigenvalue weighted by Gasteiger charge is -2.01. The van der Waals surface area contributed by atoms with Gasteiger partial charge in [-0.15, -0.1) is 0 Å². The molecule has 5 nitrogen and oxygen atoms in total. The predicted octanol–water partition coefficient (Wildman–Crippen LogP) is 3.42. The van der Waals surface area contributed by atoms with Crippen molar-refractivity contribution in [2.24, 2.45) is 0 Å². The lowest BCUT2D eigenvalue weighted by atomic mass is 10.1. The number of aromatic amines is 1. The number of nitrogens with zero attached hydrogens (tertiary/aromatic N) is 2. The number of halogens is 2. The number of nitrogens with one attached hydrogen (secondary N) is 1. The van der Waals surface area contributed by atoms with Crippen LogP contribution in [0.15, 0.2) is 35.2 Å². The summed E-state index contributed by atoms with van der Waals surface area (Å²) in [7, 11) is 0. The molecule has 7 heteroatoms. The van der Waals surface area contributed by atoms with Crippen molar-refractivity contribution in [2.75, 3.05) is 0 Å². The minimum absolute atomic E-state index is 0.176. The fraction of sp³-hybridized carbons (Fsp3) is 0. The summed E-state index contributed by atoms with van der Waals surface area (Å²) in [4.78, 5) is 33.8. The SMILES string of the molecule is O=CC(=O)c1[nH]c2cc(Br)c(Cl)cc2c1-c1cnccn1. The number of carbonyl (C=O) groups excluding carboxylic acids is 2. The van der Waals surface area contributed by atoms with Crippen molar-refractivity contribution in [3.8, 4) is 11.3 Å². The standard InChI is InChI=1S/C14H7BrClN3O2/c15-8-4-10-7(3-9(8)16)13(11-5-17-1-2-18-11)14(19-10)12(21)6-20/h1-6,19H. The number of hydrogen-bond acceptors (Lipinski definition) is 4. The van der Waals surface area contributed by atoms with Gasteiger partial charge in [-0.05, 0) is 28.1 Å². The first kappa shape index (κ1) is 13.9. The molecule has 1 N–H and O–H groups in total. The minimum atomic E-state index is -0.654. The molecule has 0 amide bonds. The smallest absolute Gasteiger partial charge is 0.242 e. The molecule has 0 unspecified atom stereocenters. The summed E-state index contributed by atoms with van der Waals surface area (Å²) in [6.07, 6.45) is 4.84. The Hall–Kier alpha value is -2.05. The Balaban J connectivity index is 2.40. The third-order valence-corrected chi connectivity index (χ3v) is 4.21. The first-order chi connectivity index (χ1) is 10.1. The summed E-state index contributed by atoms with van der Waals surface area (Å²) < 4.78 is 0.689. The lowest BCUT2D eigenvalue weighted by Crippen LogP contribution is -2.02. The van der Waals surface area contributed by atoms with Gasteiger partial charge in [0.15, 0.2) is 6.29 Å². The quantitative estimate of drug-likeness (QED) is 0.439. The van der Waals surface area contributed by atoms with Crippen LogP contribution in [0.1, 0.15) is 10.5 Å². The molecule has 104 valence electrons. The number of rotatable bonds is 3. The van der Waals surface area contributed by atoms with Crippen molar-refractivity contribution >= 4 is 50.5 Å². The summed E-state index contributed by atoms with van der Waals surface area (Å²) in [6.45, 7) is 0. The van der Waals surface area contributed by atoms with E-state index in [1.807, 2.05) is 0 Å². The van der Waals surface area contributed by atoms with E-state index >= 15 is 0 Å².